The van der Waals surface area contributed by atoms with E-state index in [1.165, 1.54) is 25.1 Å². The number of nitro benzene ring substituents is 1. The molecule has 1 aromatic rings. The van der Waals surface area contributed by atoms with Gasteiger partial charge < -0.3 is 10.6 Å². The van der Waals surface area contributed by atoms with Crippen LogP contribution in [0.1, 0.15) is 12.5 Å². The summed E-state index contributed by atoms with van der Waals surface area (Å²) in [5, 5.41) is 25.0. The van der Waals surface area contributed by atoms with Gasteiger partial charge in [-0.2, -0.15) is 5.26 Å². The molecule has 0 atom stereocenters. The van der Waals surface area contributed by atoms with Crippen molar-refractivity contribution in [2.45, 2.75) is 6.92 Å². The normalized spacial score (nSPS) is 9.33. The van der Waals surface area contributed by atoms with Crippen molar-refractivity contribution in [3.8, 4) is 6.07 Å². The summed E-state index contributed by atoms with van der Waals surface area (Å²) in [6.07, 6.45) is 0. The van der Waals surface area contributed by atoms with Crippen LogP contribution in [0.15, 0.2) is 18.2 Å². The van der Waals surface area contributed by atoms with E-state index in [1.807, 2.05) is 0 Å². The molecule has 0 aliphatic heterocycles. The van der Waals surface area contributed by atoms with Gasteiger partial charge in [0.05, 0.1) is 4.92 Å². The first-order chi connectivity index (χ1) is 8.54. The van der Waals surface area contributed by atoms with Gasteiger partial charge in [-0.25, -0.2) is 0 Å². The molecule has 7 heteroatoms. The van der Waals surface area contributed by atoms with Crippen LogP contribution in [0.5, 0.6) is 0 Å². The van der Waals surface area contributed by atoms with E-state index < -0.39 is 4.92 Å². The molecule has 0 fully saturated rings. The number of benzene rings is 1. The number of anilines is 1. The quantitative estimate of drug-likeness (QED) is 0.459. The Morgan fingerprint density at radius 1 is 1.50 bits per heavy atom. The Balaban J connectivity index is 2.66. The lowest BCUT2D eigenvalue weighted by molar-refractivity contribution is -0.385. The van der Waals surface area contributed by atoms with E-state index in [4.69, 9.17) is 5.26 Å². The molecule has 0 aliphatic carbocycles. The minimum Gasteiger partial charge on any atom is -0.383 e. The van der Waals surface area contributed by atoms with E-state index >= 15 is 0 Å². The van der Waals surface area contributed by atoms with Crippen LogP contribution in [-0.2, 0) is 4.79 Å². The lowest BCUT2D eigenvalue weighted by atomic mass is 10.2. The zero-order valence-electron chi connectivity index (χ0n) is 9.77. The van der Waals surface area contributed by atoms with E-state index in [0.717, 1.165) is 0 Å². The number of nitro groups is 1. The maximum absolute atomic E-state index is 10.6. The van der Waals surface area contributed by atoms with Crippen LogP contribution < -0.4 is 10.6 Å². The Morgan fingerprint density at radius 3 is 2.78 bits per heavy atom. The molecule has 0 unspecified atom stereocenters. The number of carbonyl (C=O) groups excluding carboxylic acids is 1. The van der Waals surface area contributed by atoms with E-state index in [9.17, 15) is 14.9 Å². The van der Waals surface area contributed by atoms with Crippen LogP contribution in [0.4, 0.5) is 11.4 Å². The molecule has 1 amide bonds. The van der Waals surface area contributed by atoms with Gasteiger partial charge in [-0.1, -0.05) is 0 Å². The summed E-state index contributed by atoms with van der Waals surface area (Å²) < 4.78 is 0. The fourth-order valence-electron chi connectivity index (χ4n) is 1.34. The van der Waals surface area contributed by atoms with Crippen molar-refractivity contribution in [1.82, 2.24) is 5.32 Å². The molecule has 0 saturated carbocycles. The molecule has 1 rings (SSSR count). The highest BCUT2D eigenvalue weighted by molar-refractivity contribution is 5.72. The number of amides is 1. The predicted octanol–water partition coefficient (Wildman–Crippen LogP) is 1.01. The highest BCUT2D eigenvalue weighted by atomic mass is 16.6. The molecule has 0 spiro atoms. The van der Waals surface area contributed by atoms with Crippen molar-refractivity contribution >= 4 is 17.3 Å². The number of hydrogen-bond donors (Lipinski definition) is 2. The minimum absolute atomic E-state index is 0.00419. The molecule has 7 nitrogen and oxygen atoms in total. The van der Waals surface area contributed by atoms with Gasteiger partial charge in [-0.15, -0.1) is 0 Å². The molecule has 0 aliphatic rings. The van der Waals surface area contributed by atoms with Crippen LogP contribution in [0.25, 0.3) is 0 Å². The molecule has 2 N–H and O–H groups in total. The van der Waals surface area contributed by atoms with Crippen molar-refractivity contribution in [3.63, 3.8) is 0 Å². The summed E-state index contributed by atoms with van der Waals surface area (Å²) >= 11 is 0. The number of carbonyl (C=O) groups is 1. The molecular weight excluding hydrogens is 236 g/mol. The summed E-state index contributed by atoms with van der Waals surface area (Å²) in [4.78, 5) is 20.6. The third kappa shape index (κ3) is 3.75. The predicted molar refractivity (Wildman–Crippen MR) is 65.0 cm³/mol. The number of nitrogens with one attached hydrogen (secondary N) is 2. The van der Waals surface area contributed by atoms with E-state index in [2.05, 4.69) is 10.6 Å². The van der Waals surface area contributed by atoms with Crippen LogP contribution in [-0.4, -0.2) is 23.9 Å². The first-order valence-electron chi connectivity index (χ1n) is 5.21. The van der Waals surface area contributed by atoms with Gasteiger partial charge in [-0.05, 0) is 12.1 Å². The number of rotatable bonds is 5. The Bertz CT molecular complexity index is 508. The van der Waals surface area contributed by atoms with Gasteiger partial charge in [-0.3, -0.25) is 14.9 Å². The molecule has 0 heterocycles. The maximum atomic E-state index is 10.6. The second kappa shape index (κ2) is 6.20. The third-order valence-corrected chi connectivity index (χ3v) is 2.14. The second-order valence-electron chi connectivity index (χ2n) is 3.51. The van der Waals surface area contributed by atoms with Gasteiger partial charge in [0.1, 0.15) is 11.6 Å². The summed E-state index contributed by atoms with van der Waals surface area (Å²) in [5.41, 5.74) is 0.386. The fraction of sp³-hybridized carbons (Fsp3) is 0.273. The van der Waals surface area contributed by atoms with Crippen LogP contribution in [0, 0.1) is 21.4 Å². The van der Waals surface area contributed by atoms with Gasteiger partial charge in [0.25, 0.3) is 5.69 Å². The summed E-state index contributed by atoms with van der Waals surface area (Å²) in [6, 6.07) is 5.98. The summed E-state index contributed by atoms with van der Waals surface area (Å²) in [6.45, 7) is 2.33. The Hall–Kier alpha value is -2.62. The van der Waals surface area contributed by atoms with Crippen LogP contribution in [0.3, 0.4) is 0 Å². The molecular formula is C11H12N4O3. The first kappa shape index (κ1) is 13.4. The lowest BCUT2D eigenvalue weighted by Gasteiger charge is -2.07. The van der Waals surface area contributed by atoms with Crippen molar-refractivity contribution in [2.24, 2.45) is 0 Å². The average molecular weight is 248 g/mol. The van der Waals surface area contributed by atoms with Gasteiger partial charge in [0.2, 0.25) is 5.91 Å². The number of hydrogen-bond acceptors (Lipinski definition) is 5. The molecule has 0 saturated heterocycles. The highest BCUT2D eigenvalue weighted by Gasteiger charge is 2.13. The Kier molecular flexibility index (Phi) is 4.63. The average Bonchev–Trinajstić information content (AvgIpc) is 2.33. The number of nitriles is 1. The zero-order valence-corrected chi connectivity index (χ0v) is 9.77. The monoisotopic (exact) mass is 248 g/mol. The standard InChI is InChI=1S/C11H12N4O3/c1-8(16)13-4-5-14-10-2-3-11(15(17)18)9(6-10)7-12/h2-3,6,14H,4-5H2,1H3,(H,13,16). The molecule has 0 aromatic heterocycles. The van der Waals surface area contributed by atoms with Gasteiger partial charge in [0.15, 0.2) is 0 Å². The summed E-state index contributed by atoms with van der Waals surface area (Å²) in [7, 11) is 0. The lowest BCUT2D eigenvalue weighted by Crippen LogP contribution is -2.26. The third-order valence-electron chi connectivity index (χ3n) is 2.14. The highest BCUT2D eigenvalue weighted by Crippen LogP contribution is 2.21. The van der Waals surface area contributed by atoms with Crippen LogP contribution >= 0.6 is 0 Å². The van der Waals surface area contributed by atoms with Crippen LogP contribution in [0.2, 0.25) is 0 Å². The van der Waals surface area contributed by atoms with Crippen molar-refractivity contribution in [3.05, 3.63) is 33.9 Å². The largest absolute Gasteiger partial charge is 0.383 e. The molecule has 18 heavy (non-hydrogen) atoms. The van der Waals surface area contributed by atoms with Gasteiger partial charge in [0, 0.05) is 31.8 Å². The number of nitrogens with zero attached hydrogens (tertiary/aromatic N) is 2. The minimum atomic E-state index is -0.598. The Labute approximate surface area is 104 Å². The fourth-order valence-corrected chi connectivity index (χ4v) is 1.34. The Morgan fingerprint density at radius 2 is 2.22 bits per heavy atom. The SMILES string of the molecule is CC(=O)NCCNc1ccc([N+](=O)[O-])c(C#N)c1. The second-order valence-corrected chi connectivity index (χ2v) is 3.51. The van der Waals surface area contributed by atoms with E-state index in [1.54, 1.807) is 6.07 Å². The maximum Gasteiger partial charge on any atom is 0.287 e. The molecule has 1 aromatic carbocycles. The van der Waals surface area contributed by atoms with E-state index in [-0.39, 0.29) is 17.2 Å². The molecule has 0 bridgehead atoms. The van der Waals surface area contributed by atoms with Crippen molar-refractivity contribution < 1.29 is 9.72 Å². The van der Waals surface area contributed by atoms with Crippen molar-refractivity contribution in [2.75, 3.05) is 18.4 Å². The first-order valence-corrected chi connectivity index (χ1v) is 5.21. The summed E-state index contributed by atoms with van der Waals surface area (Å²) in [5.74, 6) is -0.127. The zero-order chi connectivity index (χ0) is 13.5. The van der Waals surface area contributed by atoms with Gasteiger partial charge >= 0.3 is 0 Å². The molecule has 94 valence electrons. The van der Waals surface area contributed by atoms with E-state index in [0.29, 0.717) is 18.8 Å². The van der Waals surface area contributed by atoms with Crippen molar-refractivity contribution in [1.29, 1.82) is 5.26 Å². The molecule has 0 radical (unpaired) electrons. The smallest absolute Gasteiger partial charge is 0.287 e. The topological polar surface area (TPSA) is 108 Å².